The molecule has 0 aromatic carbocycles. The van der Waals surface area contributed by atoms with Crippen molar-refractivity contribution in [2.45, 2.75) is 40.2 Å². The van der Waals surface area contributed by atoms with Gasteiger partial charge in [0.15, 0.2) is 11.7 Å². The highest BCUT2D eigenvalue weighted by Gasteiger charge is 2.22. The van der Waals surface area contributed by atoms with Gasteiger partial charge in [-0.2, -0.15) is 0 Å². The van der Waals surface area contributed by atoms with Crippen molar-refractivity contribution in [2.24, 2.45) is 0 Å². The van der Waals surface area contributed by atoms with E-state index in [0.29, 0.717) is 11.7 Å². The molecule has 5 heteroatoms. The first-order valence-corrected chi connectivity index (χ1v) is 5.24. The maximum atomic E-state index is 5.56. The molecule has 2 aromatic rings. The Morgan fingerprint density at radius 2 is 1.94 bits per heavy atom. The minimum Gasteiger partial charge on any atom is -0.437 e. The van der Waals surface area contributed by atoms with E-state index in [4.69, 9.17) is 4.42 Å². The SMILES string of the molecule is Cc1nc(C)c(-c2nncn2C(C)(C)C)o1. The Hall–Kier alpha value is -1.65. The number of oxazole rings is 1. The van der Waals surface area contributed by atoms with E-state index in [0.717, 1.165) is 11.5 Å². The van der Waals surface area contributed by atoms with Crippen LogP contribution in [0.5, 0.6) is 0 Å². The molecule has 86 valence electrons. The molecule has 0 atom stereocenters. The van der Waals surface area contributed by atoms with Crippen LogP contribution in [-0.2, 0) is 5.54 Å². The summed E-state index contributed by atoms with van der Waals surface area (Å²) >= 11 is 0. The normalized spacial score (nSPS) is 12.1. The van der Waals surface area contributed by atoms with Crippen molar-refractivity contribution in [3.63, 3.8) is 0 Å². The zero-order valence-electron chi connectivity index (χ0n) is 10.3. The molecule has 0 saturated heterocycles. The van der Waals surface area contributed by atoms with E-state index in [9.17, 15) is 0 Å². The minimum atomic E-state index is -0.0774. The van der Waals surface area contributed by atoms with E-state index in [1.807, 2.05) is 18.4 Å². The molecule has 16 heavy (non-hydrogen) atoms. The van der Waals surface area contributed by atoms with Crippen molar-refractivity contribution in [2.75, 3.05) is 0 Å². The number of hydrogen-bond acceptors (Lipinski definition) is 4. The first-order chi connectivity index (χ1) is 7.39. The predicted octanol–water partition coefficient (Wildman–Crippen LogP) is 2.30. The first-order valence-electron chi connectivity index (χ1n) is 5.24. The molecule has 0 radical (unpaired) electrons. The average molecular weight is 220 g/mol. The van der Waals surface area contributed by atoms with Crippen molar-refractivity contribution >= 4 is 0 Å². The third-order valence-corrected chi connectivity index (χ3v) is 2.38. The Balaban J connectivity index is 2.57. The Labute approximate surface area is 94.5 Å². The Bertz CT molecular complexity index is 504. The van der Waals surface area contributed by atoms with Gasteiger partial charge < -0.3 is 8.98 Å². The molecular weight excluding hydrogens is 204 g/mol. The fourth-order valence-electron chi connectivity index (χ4n) is 1.62. The van der Waals surface area contributed by atoms with Gasteiger partial charge in [-0.15, -0.1) is 10.2 Å². The number of hydrogen-bond donors (Lipinski definition) is 0. The van der Waals surface area contributed by atoms with Crippen molar-refractivity contribution < 1.29 is 4.42 Å². The third kappa shape index (κ3) is 1.73. The van der Waals surface area contributed by atoms with E-state index in [1.54, 1.807) is 6.33 Å². The van der Waals surface area contributed by atoms with Crippen LogP contribution in [0.15, 0.2) is 10.7 Å². The van der Waals surface area contributed by atoms with Crippen molar-refractivity contribution in [3.05, 3.63) is 17.9 Å². The molecule has 0 N–H and O–H groups in total. The van der Waals surface area contributed by atoms with Gasteiger partial charge in [0.05, 0.1) is 5.69 Å². The fourth-order valence-corrected chi connectivity index (χ4v) is 1.62. The zero-order chi connectivity index (χ0) is 11.9. The molecule has 2 rings (SSSR count). The van der Waals surface area contributed by atoms with Crippen molar-refractivity contribution in [3.8, 4) is 11.6 Å². The summed E-state index contributed by atoms with van der Waals surface area (Å²) in [5.41, 5.74) is 0.766. The van der Waals surface area contributed by atoms with Gasteiger partial charge in [0.2, 0.25) is 5.82 Å². The highest BCUT2D eigenvalue weighted by Crippen LogP contribution is 2.26. The van der Waals surface area contributed by atoms with Gasteiger partial charge in [0, 0.05) is 12.5 Å². The molecule has 5 nitrogen and oxygen atoms in total. The second kappa shape index (κ2) is 3.43. The lowest BCUT2D eigenvalue weighted by Gasteiger charge is -2.21. The van der Waals surface area contributed by atoms with Crippen LogP contribution in [0.25, 0.3) is 11.6 Å². The molecular formula is C11H16N4O. The highest BCUT2D eigenvalue weighted by atomic mass is 16.4. The first kappa shape index (κ1) is 10.9. The van der Waals surface area contributed by atoms with Crippen LogP contribution in [0, 0.1) is 13.8 Å². The van der Waals surface area contributed by atoms with Gasteiger partial charge in [-0.05, 0) is 27.7 Å². The van der Waals surface area contributed by atoms with Gasteiger partial charge in [-0.3, -0.25) is 0 Å². The maximum absolute atomic E-state index is 5.56. The smallest absolute Gasteiger partial charge is 0.202 e. The summed E-state index contributed by atoms with van der Waals surface area (Å²) in [6, 6.07) is 0. The average Bonchev–Trinajstić information content (AvgIpc) is 2.69. The van der Waals surface area contributed by atoms with Crippen LogP contribution in [0.2, 0.25) is 0 Å². The van der Waals surface area contributed by atoms with E-state index in [2.05, 4.69) is 36.0 Å². The van der Waals surface area contributed by atoms with Gasteiger partial charge >= 0.3 is 0 Å². The predicted molar refractivity (Wildman–Crippen MR) is 60.0 cm³/mol. The number of rotatable bonds is 1. The van der Waals surface area contributed by atoms with Crippen LogP contribution in [0.3, 0.4) is 0 Å². The van der Waals surface area contributed by atoms with Gasteiger partial charge in [-0.25, -0.2) is 4.98 Å². The fraction of sp³-hybridized carbons (Fsp3) is 0.545. The quantitative estimate of drug-likeness (QED) is 0.740. The largest absolute Gasteiger partial charge is 0.437 e. The molecule has 2 heterocycles. The van der Waals surface area contributed by atoms with Crippen molar-refractivity contribution in [1.29, 1.82) is 0 Å². The number of aryl methyl sites for hydroxylation is 2. The third-order valence-electron chi connectivity index (χ3n) is 2.38. The molecule has 0 spiro atoms. The molecule has 2 aromatic heterocycles. The molecule has 0 bridgehead atoms. The Morgan fingerprint density at radius 1 is 1.25 bits per heavy atom. The summed E-state index contributed by atoms with van der Waals surface area (Å²) in [4.78, 5) is 4.24. The highest BCUT2D eigenvalue weighted by molar-refractivity contribution is 5.50. The van der Waals surface area contributed by atoms with Gasteiger partial charge in [0.25, 0.3) is 0 Å². The van der Waals surface area contributed by atoms with E-state index in [1.165, 1.54) is 0 Å². The summed E-state index contributed by atoms with van der Waals surface area (Å²) < 4.78 is 7.55. The molecule has 0 fully saturated rings. The topological polar surface area (TPSA) is 56.7 Å². The summed E-state index contributed by atoms with van der Waals surface area (Å²) in [5, 5.41) is 8.05. The van der Waals surface area contributed by atoms with E-state index in [-0.39, 0.29) is 5.54 Å². The lowest BCUT2D eigenvalue weighted by atomic mass is 10.1. The maximum Gasteiger partial charge on any atom is 0.202 e. The number of nitrogens with zero attached hydrogens (tertiary/aromatic N) is 4. The standard InChI is InChI=1S/C11H16N4O/c1-7-9(16-8(2)13-7)10-14-12-6-15(10)11(3,4)5/h6H,1-5H3. The molecule has 0 aliphatic rings. The number of aromatic nitrogens is 4. The Kier molecular flexibility index (Phi) is 2.33. The van der Waals surface area contributed by atoms with Crippen LogP contribution in [0.4, 0.5) is 0 Å². The second-order valence-electron chi connectivity index (χ2n) is 4.84. The summed E-state index contributed by atoms with van der Waals surface area (Å²) in [6.07, 6.45) is 1.71. The van der Waals surface area contributed by atoms with E-state index >= 15 is 0 Å². The van der Waals surface area contributed by atoms with Gasteiger partial charge in [0.1, 0.15) is 6.33 Å². The molecule has 0 aliphatic carbocycles. The summed E-state index contributed by atoms with van der Waals surface area (Å²) in [6.45, 7) is 10.0. The van der Waals surface area contributed by atoms with Gasteiger partial charge in [-0.1, -0.05) is 0 Å². The molecule has 0 amide bonds. The van der Waals surface area contributed by atoms with Crippen molar-refractivity contribution in [1.82, 2.24) is 19.7 Å². The summed E-state index contributed by atoms with van der Waals surface area (Å²) in [5.74, 6) is 2.08. The Morgan fingerprint density at radius 3 is 2.44 bits per heavy atom. The summed E-state index contributed by atoms with van der Waals surface area (Å²) in [7, 11) is 0. The zero-order valence-corrected chi connectivity index (χ0v) is 10.3. The minimum absolute atomic E-state index is 0.0774. The van der Waals surface area contributed by atoms with E-state index < -0.39 is 0 Å². The molecule has 0 unspecified atom stereocenters. The molecule has 0 aliphatic heterocycles. The van der Waals surface area contributed by atoms with Crippen LogP contribution in [-0.4, -0.2) is 19.7 Å². The molecule has 0 saturated carbocycles. The van der Waals surface area contributed by atoms with Crippen LogP contribution in [0.1, 0.15) is 32.4 Å². The monoisotopic (exact) mass is 220 g/mol. The second-order valence-corrected chi connectivity index (χ2v) is 4.84. The van der Waals surface area contributed by atoms with Crippen LogP contribution >= 0.6 is 0 Å². The van der Waals surface area contributed by atoms with Crippen LogP contribution < -0.4 is 0 Å². The lowest BCUT2D eigenvalue weighted by Crippen LogP contribution is -2.21. The lowest BCUT2D eigenvalue weighted by molar-refractivity contribution is 0.394.